The van der Waals surface area contributed by atoms with Crippen molar-refractivity contribution in [3.05, 3.63) is 48.5 Å². The van der Waals surface area contributed by atoms with Gasteiger partial charge in [0.2, 0.25) is 0 Å². The van der Waals surface area contributed by atoms with Crippen LogP contribution in [0.25, 0.3) is 0 Å². The van der Waals surface area contributed by atoms with E-state index >= 15 is 0 Å². The van der Waals surface area contributed by atoms with E-state index in [0.717, 1.165) is 0 Å². The zero-order valence-electron chi connectivity index (χ0n) is 8.33. The third-order valence-electron chi connectivity index (χ3n) is 2.53. The van der Waals surface area contributed by atoms with Crippen LogP contribution in [0.4, 0.5) is 0 Å². The van der Waals surface area contributed by atoms with Crippen LogP contribution >= 0.6 is 10.6 Å². The topological polar surface area (TPSA) is 49.7 Å². The van der Waals surface area contributed by atoms with Crippen LogP contribution in [0.3, 0.4) is 0 Å². The molecule has 0 aliphatic carbocycles. The van der Waals surface area contributed by atoms with Crippen molar-refractivity contribution in [2.45, 2.75) is 9.79 Å². The lowest BCUT2D eigenvalue weighted by atomic mass is 10.3. The minimum Gasteiger partial charge on any atom is -0.453 e. The lowest BCUT2D eigenvalue weighted by molar-refractivity contribution is 0.415. The molecule has 0 bridgehead atoms. The van der Waals surface area contributed by atoms with Gasteiger partial charge in [-0.1, -0.05) is 24.3 Å². The Morgan fingerprint density at radius 2 is 1.19 bits per heavy atom. The molecule has 2 aromatic carbocycles. The molecule has 82 valence electrons. The first-order valence-electron chi connectivity index (χ1n) is 4.84. The van der Waals surface area contributed by atoms with Crippen LogP contribution in [-0.4, -0.2) is 9.11 Å². The van der Waals surface area contributed by atoms with Gasteiger partial charge in [-0.3, -0.25) is 9.11 Å². The highest BCUT2D eigenvalue weighted by molar-refractivity contribution is 8.24. The smallest absolute Gasteiger partial charge is 0.150 e. The van der Waals surface area contributed by atoms with Crippen molar-refractivity contribution in [2.24, 2.45) is 0 Å². The van der Waals surface area contributed by atoms with Crippen molar-refractivity contribution in [1.29, 1.82) is 0 Å². The molecule has 0 saturated carbocycles. The highest BCUT2D eigenvalue weighted by Gasteiger charge is 2.30. The summed E-state index contributed by atoms with van der Waals surface area (Å²) in [6, 6.07) is 14.0. The highest BCUT2D eigenvalue weighted by Crippen LogP contribution is 2.64. The first kappa shape index (κ1) is 9.72. The monoisotopic (exact) mass is 234 g/mol. The van der Waals surface area contributed by atoms with Crippen molar-refractivity contribution in [2.75, 3.05) is 0 Å². The lowest BCUT2D eigenvalue weighted by Gasteiger charge is -2.38. The second-order valence-electron chi connectivity index (χ2n) is 3.54. The Morgan fingerprint density at radius 3 is 1.69 bits per heavy atom. The fourth-order valence-electron chi connectivity index (χ4n) is 1.78. The summed E-state index contributed by atoms with van der Waals surface area (Å²) in [6.07, 6.45) is 0. The van der Waals surface area contributed by atoms with Crippen molar-refractivity contribution in [3.8, 4) is 11.5 Å². The molecule has 1 aliphatic rings. The zero-order chi connectivity index (χ0) is 11.2. The van der Waals surface area contributed by atoms with E-state index in [1.54, 1.807) is 36.4 Å². The van der Waals surface area contributed by atoms with E-state index in [4.69, 9.17) is 4.74 Å². The minimum absolute atomic E-state index is 0.453. The van der Waals surface area contributed by atoms with Crippen LogP contribution in [0.15, 0.2) is 58.3 Å². The van der Waals surface area contributed by atoms with Crippen LogP contribution in [0.5, 0.6) is 11.5 Å². The number of hydrogen-bond acceptors (Lipinski definition) is 3. The molecule has 0 radical (unpaired) electrons. The summed E-state index contributed by atoms with van der Waals surface area (Å²) < 4.78 is 26.1. The van der Waals surface area contributed by atoms with Gasteiger partial charge in [-0.15, -0.1) is 10.6 Å². The Hall–Kier alpha value is -1.49. The number of benzene rings is 2. The third-order valence-corrected chi connectivity index (χ3v) is 4.43. The summed E-state index contributed by atoms with van der Waals surface area (Å²) in [6.45, 7) is 0. The average Bonchev–Trinajstić information content (AvgIpc) is 2.29. The van der Waals surface area contributed by atoms with Crippen molar-refractivity contribution >= 4 is 10.6 Å². The average molecular weight is 234 g/mol. The second-order valence-corrected chi connectivity index (χ2v) is 5.52. The molecule has 0 unspecified atom stereocenters. The van der Waals surface area contributed by atoms with E-state index < -0.39 is 10.6 Å². The Morgan fingerprint density at radius 1 is 0.750 bits per heavy atom. The minimum atomic E-state index is -2.93. The van der Waals surface area contributed by atoms with Crippen LogP contribution in [0, 0.1) is 0 Å². The van der Waals surface area contributed by atoms with Gasteiger partial charge in [-0.05, 0) is 24.3 Å². The molecule has 0 atom stereocenters. The maximum Gasteiger partial charge on any atom is 0.150 e. The quantitative estimate of drug-likeness (QED) is 0.725. The van der Waals surface area contributed by atoms with Crippen LogP contribution in [-0.2, 0) is 0 Å². The van der Waals surface area contributed by atoms with Crippen molar-refractivity contribution in [3.63, 3.8) is 0 Å². The molecule has 0 saturated heterocycles. The standard InChI is InChI=1S/C12H10O3S/c13-16(14)11-7-3-1-5-9(11)15-10-6-2-4-8-12(10)16/h1-8,13-14H. The predicted molar refractivity (Wildman–Crippen MR) is 62.3 cm³/mol. The number of para-hydroxylation sites is 2. The van der Waals surface area contributed by atoms with E-state index in [1.807, 2.05) is 12.1 Å². The predicted octanol–water partition coefficient (Wildman–Crippen LogP) is 3.96. The Kier molecular flexibility index (Phi) is 1.97. The molecule has 0 spiro atoms. The van der Waals surface area contributed by atoms with Crippen LogP contribution < -0.4 is 4.74 Å². The van der Waals surface area contributed by atoms with Gasteiger partial charge >= 0.3 is 0 Å². The van der Waals surface area contributed by atoms with E-state index in [1.165, 1.54) is 0 Å². The molecule has 1 aliphatic heterocycles. The molecule has 0 aromatic heterocycles. The molecule has 1 heterocycles. The number of ether oxygens (including phenoxy) is 1. The Bertz CT molecular complexity index is 504. The SMILES string of the molecule is OS1(O)c2ccccc2Oc2ccccc21. The molecule has 0 fully saturated rings. The summed E-state index contributed by atoms with van der Waals surface area (Å²) in [4.78, 5) is 0.905. The number of rotatable bonds is 0. The van der Waals surface area contributed by atoms with E-state index in [2.05, 4.69) is 0 Å². The van der Waals surface area contributed by atoms with Gasteiger partial charge in [0.25, 0.3) is 0 Å². The van der Waals surface area contributed by atoms with E-state index in [0.29, 0.717) is 21.3 Å². The van der Waals surface area contributed by atoms with Crippen LogP contribution in [0.2, 0.25) is 0 Å². The summed E-state index contributed by atoms with van der Waals surface area (Å²) in [7, 11) is -2.93. The highest BCUT2D eigenvalue weighted by atomic mass is 32.3. The van der Waals surface area contributed by atoms with Crippen molar-refractivity contribution < 1.29 is 13.8 Å². The summed E-state index contributed by atoms with van der Waals surface area (Å²) >= 11 is 0. The maximum absolute atomic E-state index is 10.2. The van der Waals surface area contributed by atoms with Crippen molar-refractivity contribution in [1.82, 2.24) is 0 Å². The van der Waals surface area contributed by atoms with E-state index in [-0.39, 0.29) is 0 Å². The van der Waals surface area contributed by atoms with Crippen LogP contribution in [0.1, 0.15) is 0 Å². The molecule has 0 amide bonds. The fraction of sp³-hybridized carbons (Fsp3) is 0. The molecular formula is C12H10O3S. The molecule has 2 N–H and O–H groups in total. The molecule has 3 nitrogen and oxygen atoms in total. The zero-order valence-corrected chi connectivity index (χ0v) is 9.15. The van der Waals surface area contributed by atoms with Gasteiger partial charge in [-0.2, -0.15) is 0 Å². The Labute approximate surface area is 94.7 Å². The molecule has 3 rings (SSSR count). The summed E-state index contributed by atoms with van der Waals surface area (Å²) in [5, 5.41) is 0. The third kappa shape index (κ3) is 1.24. The lowest BCUT2D eigenvalue weighted by Crippen LogP contribution is -2.07. The molecule has 4 heteroatoms. The first-order valence-corrected chi connectivity index (χ1v) is 6.38. The summed E-state index contributed by atoms with van der Waals surface area (Å²) in [5.41, 5.74) is 0. The Balaban J connectivity index is 2.28. The van der Waals surface area contributed by atoms with Gasteiger partial charge in [0.05, 0.1) is 0 Å². The fourth-order valence-corrected chi connectivity index (χ4v) is 3.33. The largest absolute Gasteiger partial charge is 0.453 e. The molecular weight excluding hydrogens is 224 g/mol. The number of fused-ring (bicyclic) bond motifs is 2. The normalized spacial score (nSPS) is 17.9. The van der Waals surface area contributed by atoms with E-state index in [9.17, 15) is 9.11 Å². The van der Waals surface area contributed by atoms with Gasteiger partial charge in [0.15, 0.2) is 11.5 Å². The second kappa shape index (κ2) is 3.25. The molecule has 16 heavy (non-hydrogen) atoms. The summed E-state index contributed by atoms with van der Waals surface area (Å²) in [5.74, 6) is 1.03. The maximum atomic E-state index is 10.2. The van der Waals surface area contributed by atoms with Gasteiger partial charge in [0, 0.05) is 0 Å². The molecule has 2 aromatic rings. The number of hydrogen-bond donors (Lipinski definition) is 2. The van der Waals surface area contributed by atoms with Gasteiger partial charge in [-0.25, -0.2) is 0 Å². The first-order chi connectivity index (χ1) is 7.69. The van der Waals surface area contributed by atoms with Gasteiger partial charge < -0.3 is 4.74 Å². The van der Waals surface area contributed by atoms with Gasteiger partial charge in [0.1, 0.15) is 9.79 Å².